The van der Waals surface area contributed by atoms with Crippen LogP contribution in [0.2, 0.25) is 0 Å². The van der Waals surface area contributed by atoms with Gasteiger partial charge in [-0.05, 0) is 0 Å². The summed E-state index contributed by atoms with van der Waals surface area (Å²) in [4.78, 5) is 25.5. The number of hydrogen-bond donors (Lipinski definition) is 4. The average Bonchev–Trinajstić information content (AvgIpc) is 2.90. The number of aliphatic hydroxyl groups is 2. The fourth-order valence-corrected chi connectivity index (χ4v) is 3.33. The van der Waals surface area contributed by atoms with E-state index in [1.807, 2.05) is 0 Å². The lowest BCUT2D eigenvalue weighted by Crippen LogP contribution is -2.25. The van der Waals surface area contributed by atoms with E-state index in [0.717, 1.165) is 11.3 Å². The summed E-state index contributed by atoms with van der Waals surface area (Å²) in [5.41, 5.74) is 6.27. The van der Waals surface area contributed by atoms with E-state index in [1.165, 1.54) is 14.0 Å². The molecular weight excluding hydrogens is 282 g/mol. The van der Waals surface area contributed by atoms with Gasteiger partial charge in [0.25, 0.3) is 5.91 Å². The van der Waals surface area contributed by atoms with Crippen LogP contribution in [-0.4, -0.2) is 54.2 Å². The Kier molecular flexibility index (Phi) is 3.98. The number of amides is 1. The first kappa shape index (κ1) is 14.8. The van der Waals surface area contributed by atoms with Gasteiger partial charge >= 0.3 is 0 Å². The maximum absolute atomic E-state index is 12.0. The Morgan fingerprint density at radius 3 is 2.35 bits per heavy atom. The van der Waals surface area contributed by atoms with Gasteiger partial charge in [0.15, 0.2) is 5.78 Å². The first-order valence-corrected chi connectivity index (χ1v) is 6.94. The lowest BCUT2D eigenvalue weighted by molar-refractivity contribution is 0.0572. The molecule has 2 unspecified atom stereocenters. The Morgan fingerprint density at radius 1 is 1.35 bits per heavy atom. The zero-order chi connectivity index (χ0) is 15.0. The highest BCUT2D eigenvalue weighted by molar-refractivity contribution is 7.19. The van der Waals surface area contributed by atoms with Gasteiger partial charge in [0.05, 0.1) is 28.3 Å². The van der Waals surface area contributed by atoms with Crippen LogP contribution in [0.4, 0.5) is 10.7 Å². The molecule has 0 saturated carbocycles. The van der Waals surface area contributed by atoms with Gasteiger partial charge in [-0.1, -0.05) is 0 Å². The number of rotatable bonds is 3. The molecule has 1 saturated heterocycles. The van der Waals surface area contributed by atoms with Crippen LogP contribution in [0.3, 0.4) is 0 Å². The molecule has 8 heteroatoms. The van der Waals surface area contributed by atoms with Gasteiger partial charge in [-0.2, -0.15) is 0 Å². The fourth-order valence-electron chi connectivity index (χ4n) is 2.20. The number of carbonyl (C=O) groups excluding carboxylic acids is 2. The van der Waals surface area contributed by atoms with Crippen molar-refractivity contribution in [2.24, 2.45) is 0 Å². The van der Waals surface area contributed by atoms with Gasteiger partial charge in [0, 0.05) is 27.1 Å². The minimum Gasteiger partial charge on any atom is -0.397 e. The molecule has 0 radical (unpaired) electrons. The van der Waals surface area contributed by atoms with Crippen molar-refractivity contribution in [3.05, 3.63) is 10.4 Å². The Bertz CT molecular complexity index is 547. The summed E-state index contributed by atoms with van der Waals surface area (Å²) < 4.78 is 0. The highest BCUT2D eigenvalue weighted by atomic mass is 32.1. The van der Waals surface area contributed by atoms with Gasteiger partial charge in [-0.3, -0.25) is 9.59 Å². The molecule has 2 heterocycles. The Balaban J connectivity index is 2.49. The Labute approximate surface area is 120 Å². The first-order chi connectivity index (χ1) is 9.36. The molecule has 0 aliphatic carbocycles. The predicted octanol–water partition coefficient (Wildman–Crippen LogP) is -0.566. The summed E-state index contributed by atoms with van der Waals surface area (Å²) in [7, 11) is 1.48. The number of carbonyl (C=O) groups is 2. The Morgan fingerprint density at radius 2 is 1.90 bits per heavy atom. The van der Waals surface area contributed by atoms with Crippen LogP contribution < -0.4 is 16.0 Å². The van der Waals surface area contributed by atoms with Crippen molar-refractivity contribution < 1.29 is 19.8 Å². The van der Waals surface area contributed by atoms with Crippen LogP contribution in [0.15, 0.2) is 0 Å². The summed E-state index contributed by atoms with van der Waals surface area (Å²) in [6.45, 7) is 1.78. The van der Waals surface area contributed by atoms with Crippen molar-refractivity contribution in [2.75, 3.05) is 30.8 Å². The highest BCUT2D eigenvalue weighted by Gasteiger charge is 2.34. The van der Waals surface area contributed by atoms with Gasteiger partial charge in [0.1, 0.15) is 5.00 Å². The number of nitrogen functional groups attached to an aromatic ring is 1. The number of anilines is 2. The van der Waals surface area contributed by atoms with Gasteiger partial charge in [0.2, 0.25) is 0 Å². The molecule has 0 bridgehead atoms. The third-order valence-corrected chi connectivity index (χ3v) is 4.61. The zero-order valence-corrected chi connectivity index (χ0v) is 12.0. The normalized spacial score (nSPS) is 22.1. The summed E-state index contributed by atoms with van der Waals surface area (Å²) in [5, 5.41) is 22.2. The summed E-state index contributed by atoms with van der Waals surface area (Å²) in [6.07, 6.45) is -1.76. The number of β-amino-alcohol motifs (C(OH)–C–C–N with tert-alkyl or cyclic N) is 2. The lowest BCUT2D eigenvalue weighted by atomic mass is 10.2. The number of aliphatic hydroxyl groups excluding tert-OH is 2. The van der Waals surface area contributed by atoms with Crippen molar-refractivity contribution in [3.63, 3.8) is 0 Å². The van der Waals surface area contributed by atoms with Crippen molar-refractivity contribution >= 4 is 33.7 Å². The average molecular weight is 299 g/mol. The molecule has 7 nitrogen and oxygen atoms in total. The summed E-state index contributed by atoms with van der Waals surface area (Å²) in [6, 6.07) is 0. The molecule has 1 amide bonds. The molecular formula is C12H17N3O4S. The van der Waals surface area contributed by atoms with Gasteiger partial charge in [-0.25, -0.2) is 0 Å². The number of nitrogens with two attached hydrogens (primary N) is 1. The van der Waals surface area contributed by atoms with Crippen LogP contribution in [0.1, 0.15) is 27.0 Å². The number of hydrogen-bond acceptors (Lipinski definition) is 7. The van der Waals surface area contributed by atoms with Crippen LogP contribution in [0, 0.1) is 0 Å². The zero-order valence-electron chi connectivity index (χ0n) is 11.2. The fraction of sp³-hybridized carbons (Fsp3) is 0.500. The standard InChI is InChI=1S/C12H17N3O4S/c1-5(16)10-9(13)8(11(19)14-2)12(20-10)15-3-6(17)7(18)4-15/h6-7,17-18H,3-4,13H2,1-2H3,(H,14,19). The Hall–Kier alpha value is -1.64. The van der Waals surface area contributed by atoms with Gasteiger partial charge in [-0.15, -0.1) is 11.3 Å². The van der Waals surface area contributed by atoms with E-state index in [2.05, 4.69) is 5.32 Å². The maximum atomic E-state index is 12.0. The van der Waals surface area contributed by atoms with Crippen molar-refractivity contribution in [3.8, 4) is 0 Å². The number of nitrogens with one attached hydrogen (secondary N) is 1. The second kappa shape index (κ2) is 5.39. The summed E-state index contributed by atoms with van der Waals surface area (Å²) in [5.74, 6) is -0.610. The molecule has 2 rings (SSSR count). The van der Waals surface area contributed by atoms with E-state index >= 15 is 0 Å². The molecule has 5 N–H and O–H groups in total. The molecule has 110 valence electrons. The second-order valence-electron chi connectivity index (χ2n) is 4.70. The molecule has 1 aromatic heterocycles. The number of ketones is 1. The lowest BCUT2D eigenvalue weighted by Gasteiger charge is -2.17. The highest BCUT2D eigenvalue weighted by Crippen LogP contribution is 2.39. The monoisotopic (exact) mass is 299 g/mol. The van der Waals surface area contributed by atoms with E-state index in [4.69, 9.17) is 5.73 Å². The molecule has 1 aliphatic heterocycles. The molecule has 0 spiro atoms. The SMILES string of the molecule is CNC(=O)c1c(N2CC(O)C(O)C2)sc(C(C)=O)c1N. The van der Waals surface area contributed by atoms with Crippen LogP contribution in [0.5, 0.6) is 0 Å². The number of nitrogens with zero attached hydrogens (tertiary/aromatic N) is 1. The number of Topliss-reactive ketones (excluding diaryl/α,β-unsaturated/α-hetero) is 1. The van der Waals surface area contributed by atoms with E-state index in [9.17, 15) is 19.8 Å². The second-order valence-corrected chi connectivity index (χ2v) is 5.70. The molecule has 0 aromatic carbocycles. The van der Waals surface area contributed by atoms with E-state index in [0.29, 0.717) is 9.88 Å². The summed E-state index contributed by atoms with van der Waals surface area (Å²) >= 11 is 1.11. The van der Waals surface area contributed by atoms with Crippen LogP contribution >= 0.6 is 11.3 Å². The van der Waals surface area contributed by atoms with Crippen LogP contribution in [-0.2, 0) is 0 Å². The van der Waals surface area contributed by atoms with Crippen LogP contribution in [0.25, 0.3) is 0 Å². The molecule has 1 aromatic rings. The first-order valence-electron chi connectivity index (χ1n) is 6.13. The molecule has 1 aliphatic rings. The minimum atomic E-state index is -0.878. The minimum absolute atomic E-state index is 0.146. The third-order valence-electron chi connectivity index (χ3n) is 3.25. The number of thiophene rings is 1. The molecule has 1 fully saturated rings. The van der Waals surface area contributed by atoms with Crippen molar-refractivity contribution in [1.82, 2.24) is 5.32 Å². The smallest absolute Gasteiger partial charge is 0.256 e. The predicted molar refractivity (Wildman–Crippen MR) is 76.4 cm³/mol. The molecule has 20 heavy (non-hydrogen) atoms. The van der Waals surface area contributed by atoms with E-state index in [1.54, 1.807) is 4.90 Å². The third kappa shape index (κ3) is 2.37. The topological polar surface area (TPSA) is 116 Å². The molecule has 2 atom stereocenters. The maximum Gasteiger partial charge on any atom is 0.256 e. The quantitative estimate of drug-likeness (QED) is 0.556. The van der Waals surface area contributed by atoms with E-state index < -0.39 is 18.1 Å². The van der Waals surface area contributed by atoms with Crippen molar-refractivity contribution in [2.45, 2.75) is 19.1 Å². The van der Waals surface area contributed by atoms with E-state index in [-0.39, 0.29) is 30.1 Å². The van der Waals surface area contributed by atoms with Gasteiger partial charge < -0.3 is 26.2 Å². The van der Waals surface area contributed by atoms with Crippen molar-refractivity contribution in [1.29, 1.82) is 0 Å². The largest absolute Gasteiger partial charge is 0.397 e.